The molecule has 0 heterocycles. The van der Waals surface area contributed by atoms with Crippen LogP contribution < -0.4 is 15.7 Å². The molecule has 35 heavy (non-hydrogen) atoms. The van der Waals surface area contributed by atoms with Crippen molar-refractivity contribution in [2.24, 2.45) is 10.2 Å². The smallest absolute Gasteiger partial charge is 0.279 e. The maximum absolute atomic E-state index is 12.4. The van der Waals surface area contributed by atoms with E-state index in [0.29, 0.717) is 30.8 Å². The number of hydrogen-bond acceptors (Lipinski definition) is 6. The lowest BCUT2D eigenvalue weighted by Gasteiger charge is -2.34. The fourth-order valence-corrected chi connectivity index (χ4v) is 3.31. The highest BCUT2D eigenvalue weighted by Crippen LogP contribution is 2.22. The Kier molecular flexibility index (Phi) is 13.3. The van der Waals surface area contributed by atoms with Gasteiger partial charge < -0.3 is 25.0 Å². The number of anilines is 2. The molecule has 0 unspecified atom stereocenters. The van der Waals surface area contributed by atoms with Gasteiger partial charge in [0.25, 0.3) is 5.91 Å². The van der Waals surface area contributed by atoms with Crippen LogP contribution in [0.15, 0.2) is 71.4 Å². The van der Waals surface area contributed by atoms with Crippen LogP contribution in [-0.2, 0) is 14.4 Å². The van der Waals surface area contributed by atoms with Crippen LogP contribution in [0, 0.1) is 0 Å². The number of benzene rings is 2. The number of amides is 2. The number of carbonyl (C=O) groups excluding carboxylic acids is 3. The summed E-state index contributed by atoms with van der Waals surface area (Å²) in [6.07, 6.45) is 2.78. The summed E-state index contributed by atoms with van der Waals surface area (Å²) in [7, 11) is 0. The van der Waals surface area contributed by atoms with Gasteiger partial charge in [-0.3, -0.25) is 9.59 Å². The second-order valence-corrected chi connectivity index (χ2v) is 7.76. The Balaban J connectivity index is 0.00000194. The van der Waals surface area contributed by atoms with Crippen molar-refractivity contribution in [1.82, 2.24) is 0 Å². The van der Waals surface area contributed by atoms with E-state index in [0.717, 1.165) is 35.5 Å². The number of carbonyl (C=O) groups is 3. The normalized spacial score (nSPS) is 10.7. The Morgan fingerprint density at radius 3 is 1.63 bits per heavy atom. The molecule has 0 aliphatic carbocycles. The van der Waals surface area contributed by atoms with Crippen molar-refractivity contribution < 1.29 is 24.0 Å². The van der Waals surface area contributed by atoms with Crippen LogP contribution in [0.4, 0.5) is 22.7 Å². The van der Waals surface area contributed by atoms with Gasteiger partial charge in [0.15, 0.2) is 6.54 Å². The summed E-state index contributed by atoms with van der Waals surface area (Å²) in [6, 6.07) is 14.4. The van der Waals surface area contributed by atoms with Gasteiger partial charge in [-0.1, -0.05) is 6.08 Å². The quantitative estimate of drug-likeness (QED) is 0.204. The van der Waals surface area contributed by atoms with Crippen LogP contribution in [0.1, 0.15) is 33.6 Å². The molecular formula is C26H35N5O4. The standard InChI is InChI=1S/C25H33N5O2.CH2O2/c1-5-9-10-24(31)26-20-11-15-22(16-12-20)28-29-23-17-13-21(14-18-23)27-25(32)19-30(6-2,7-3)8-4;2-1-3/h5,11-18H,1,6-10,19H2,2-4H3,(H-,26,27,28,29,31,32);1H,(H,2,3). The molecule has 0 fully saturated rings. The molecule has 0 saturated heterocycles. The minimum absolute atomic E-state index is 0.0154. The number of rotatable bonds is 12. The van der Waals surface area contributed by atoms with Crippen molar-refractivity contribution in [3.05, 3.63) is 61.2 Å². The number of carboxylic acid groups (broad SMARTS) is 1. The van der Waals surface area contributed by atoms with E-state index in [-0.39, 0.29) is 11.8 Å². The Bertz CT molecular complexity index is 960. The van der Waals surface area contributed by atoms with Crippen molar-refractivity contribution in [3.8, 4) is 0 Å². The number of nitrogens with zero attached hydrogens (tertiary/aromatic N) is 3. The van der Waals surface area contributed by atoms with E-state index < -0.39 is 6.47 Å². The van der Waals surface area contributed by atoms with E-state index >= 15 is 0 Å². The minimum atomic E-state index is -0.500. The summed E-state index contributed by atoms with van der Waals surface area (Å²) in [4.78, 5) is 32.4. The Hall–Kier alpha value is -3.85. The van der Waals surface area contributed by atoms with Gasteiger partial charge in [-0.05, 0) is 75.7 Å². The average Bonchev–Trinajstić information content (AvgIpc) is 2.87. The molecular weight excluding hydrogens is 446 g/mol. The molecule has 0 aliphatic heterocycles. The fourth-order valence-electron chi connectivity index (χ4n) is 3.31. The predicted molar refractivity (Wildman–Crippen MR) is 137 cm³/mol. The third-order valence-electron chi connectivity index (χ3n) is 5.65. The lowest BCUT2D eigenvalue weighted by atomic mass is 10.2. The third kappa shape index (κ3) is 10.7. The number of azo groups is 1. The number of likely N-dealkylation sites (N-methyl/N-ethyl adjacent to an activating group) is 1. The zero-order valence-corrected chi connectivity index (χ0v) is 20.7. The second kappa shape index (κ2) is 15.9. The first-order valence-corrected chi connectivity index (χ1v) is 11.6. The van der Waals surface area contributed by atoms with Crippen LogP contribution >= 0.6 is 0 Å². The molecule has 2 aromatic rings. The van der Waals surface area contributed by atoms with Gasteiger partial charge in [-0.15, -0.1) is 6.58 Å². The van der Waals surface area contributed by atoms with E-state index in [1.54, 1.807) is 30.3 Å². The Labute approximate surface area is 207 Å². The zero-order chi connectivity index (χ0) is 26.1. The van der Waals surface area contributed by atoms with Gasteiger partial charge in [0.2, 0.25) is 5.91 Å². The summed E-state index contributed by atoms with van der Waals surface area (Å²) in [5, 5.41) is 22.5. The lowest BCUT2D eigenvalue weighted by Crippen LogP contribution is -2.51. The van der Waals surface area contributed by atoms with Gasteiger partial charge in [-0.25, -0.2) is 0 Å². The average molecular weight is 482 g/mol. The van der Waals surface area contributed by atoms with Gasteiger partial charge in [0.05, 0.1) is 31.0 Å². The molecule has 9 nitrogen and oxygen atoms in total. The van der Waals surface area contributed by atoms with Crippen LogP contribution in [-0.4, -0.2) is 48.9 Å². The van der Waals surface area contributed by atoms with Crippen molar-refractivity contribution in [1.29, 1.82) is 0 Å². The van der Waals surface area contributed by atoms with Gasteiger partial charge in [-0.2, -0.15) is 10.2 Å². The molecule has 0 atom stereocenters. The van der Waals surface area contributed by atoms with Gasteiger partial charge in [0, 0.05) is 24.3 Å². The summed E-state index contributed by atoms with van der Waals surface area (Å²) in [5.41, 5.74) is 2.83. The molecule has 0 saturated carbocycles. The first-order valence-electron chi connectivity index (χ1n) is 11.6. The second-order valence-electron chi connectivity index (χ2n) is 7.76. The van der Waals surface area contributed by atoms with Crippen LogP contribution in [0.5, 0.6) is 0 Å². The number of hydrogen-bond donors (Lipinski definition) is 2. The molecule has 0 radical (unpaired) electrons. The molecule has 0 aromatic heterocycles. The SMILES string of the molecule is C=CCCC(=O)Nc1ccc(N=Nc2ccc(NC(=O)C[N+](CC)(CC)CC)cc2)cc1.O=C[O-]. The van der Waals surface area contributed by atoms with E-state index in [2.05, 4.69) is 48.2 Å². The summed E-state index contributed by atoms with van der Waals surface area (Å²) in [5.74, 6) is -0.0308. The molecule has 0 spiro atoms. The van der Waals surface area contributed by atoms with Crippen molar-refractivity contribution in [2.75, 3.05) is 36.8 Å². The van der Waals surface area contributed by atoms with Gasteiger partial charge in [0.1, 0.15) is 0 Å². The van der Waals surface area contributed by atoms with E-state index in [1.807, 2.05) is 24.3 Å². The van der Waals surface area contributed by atoms with Gasteiger partial charge >= 0.3 is 0 Å². The maximum atomic E-state index is 12.4. The molecule has 2 aromatic carbocycles. The molecule has 0 bridgehead atoms. The lowest BCUT2D eigenvalue weighted by molar-refractivity contribution is -0.915. The van der Waals surface area contributed by atoms with E-state index in [9.17, 15) is 9.59 Å². The summed E-state index contributed by atoms with van der Waals surface area (Å²) >= 11 is 0. The van der Waals surface area contributed by atoms with Crippen LogP contribution in [0.3, 0.4) is 0 Å². The third-order valence-corrected chi connectivity index (χ3v) is 5.65. The Morgan fingerprint density at radius 1 is 0.857 bits per heavy atom. The van der Waals surface area contributed by atoms with Crippen LogP contribution in [0.2, 0.25) is 0 Å². The summed E-state index contributed by atoms with van der Waals surface area (Å²) in [6.45, 7) is 12.7. The number of nitrogens with one attached hydrogen (secondary N) is 2. The summed E-state index contributed by atoms with van der Waals surface area (Å²) < 4.78 is 0.773. The van der Waals surface area contributed by atoms with Crippen molar-refractivity contribution in [3.63, 3.8) is 0 Å². The minimum Gasteiger partial charge on any atom is -0.554 e. The highest BCUT2D eigenvalue weighted by Gasteiger charge is 2.24. The fraction of sp³-hybridized carbons (Fsp3) is 0.346. The maximum Gasteiger partial charge on any atom is 0.279 e. The van der Waals surface area contributed by atoms with E-state index in [4.69, 9.17) is 9.90 Å². The van der Waals surface area contributed by atoms with E-state index in [1.165, 1.54) is 0 Å². The van der Waals surface area contributed by atoms with Crippen molar-refractivity contribution in [2.45, 2.75) is 33.6 Å². The molecule has 2 N–H and O–H groups in total. The molecule has 2 rings (SSSR count). The molecule has 9 heteroatoms. The molecule has 188 valence electrons. The number of allylic oxidation sites excluding steroid dienone is 1. The van der Waals surface area contributed by atoms with Crippen LogP contribution in [0.25, 0.3) is 0 Å². The molecule has 0 aliphatic rings. The molecule has 2 amide bonds. The zero-order valence-electron chi connectivity index (χ0n) is 20.7. The van der Waals surface area contributed by atoms with Crippen molar-refractivity contribution >= 4 is 41.0 Å². The topological polar surface area (TPSA) is 123 Å². The first kappa shape index (κ1) is 29.2. The largest absolute Gasteiger partial charge is 0.554 e. The monoisotopic (exact) mass is 481 g/mol. The highest BCUT2D eigenvalue weighted by molar-refractivity contribution is 5.92. The Morgan fingerprint density at radius 2 is 1.26 bits per heavy atom. The predicted octanol–water partition coefficient (Wildman–Crippen LogP) is 4.19. The highest BCUT2D eigenvalue weighted by atomic mass is 16.3. The number of quaternary nitrogens is 1. The first-order chi connectivity index (χ1) is 16.8.